The predicted molar refractivity (Wildman–Crippen MR) is 174 cm³/mol. The number of nitro groups is 1. The van der Waals surface area contributed by atoms with Crippen molar-refractivity contribution in [1.82, 2.24) is 10.2 Å². The van der Waals surface area contributed by atoms with E-state index >= 15 is 0 Å². The van der Waals surface area contributed by atoms with Crippen LogP contribution in [0.1, 0.15) is 55.4 Å². The maximum Gasteiger partial charge on any atom is 0.303 e. The molecule has 2 N–H and O–H groups in total. The number of rotatable bonds is 11. The molecule has 1 amide bonds. The molecule has 0 aliphatic carbocycles. The third kappa shape index (κ3) is 8.72. The van der Waals surface area contributed by atoms with Crippen molar-refractivity contribution in [2.75, 3.05) is 37.6 Å². The van der Waals surface area contributed by atoms with E-state index in [4.69, 9.17) is 14.2 Å². The SMILES string of the molecule is CC(=O)O[C@@H](C)C(=O)NCc1ccc([C@H]2O[C@@H](CN3CCN(c4ccc([N+](=O)[O-])cc4)CC3)[C@@H](C)[C@@H](c3ccc(CO)cc3)O2)cc1. The van der Waals surface area contributed by atoms with Crippen molar-refractivity contribution in [3.63, 3.8) is 0 Å². The number of aliphatic hydroxyl groups is 1. The number of carbonyl (C=O) groups is 2. The molecule has 2 aliphatic rings. The number of anilines is 1. The van der Waals surface area contributed by atoms with Gasteiger partial charge in [-0.05, 0) is 35.7 Å². The van der Waals surface area contributed by atoms with Crippen LogP contribution >= 0.6 is 0 Å². The number of carbonyl (C=O) groups excluding carboxylic acids is 2. The van der Waals surface area contributed by atoms with Crippen molar-refractivity contribution >= 4 is 23.3 Å². The Morgan fingerprint density at radius 2 is 1.57 bits per heavy atom. The van der Waals surface area contributed by atoms with E-state index in [1.165, 1.54) is 13.8 Å². The highest BCUT2D eigenvalue weighted by atomic mass is 16.7. The largest absolute Gasteiger partial charge is 0.453 e. The molecule has 3 aromatic rings. The normalized spacial score (nSPS) is 22.3. The number of aliphatic hydroxyl groups excluding tert-OH is 1. The number of non-ortho nitro benzene ring substituents is 1. The number of amides is 1. The first-order chi connectivity index (χ1) is 22.6. The fourth-order valence-electron chi connectivity index (χ4n) is 5.98. The van der Waals surface area contributed by atoms with Gasteiger partial charge in [-0.1, -0.05) is 55.5 Å². The van der Waals surface area contributed by atoms with Crippen molar-refractivity contribution in [2.24, 2.45) is 5.92 Å². The minimum Gasteiger partial charge on any atom is -0.453 e. The minimum atomic E-state index is -0.872. The van der Waals surface area contributed by atoms with Crippen molar-refractivity contribution in [3.05, 3.63) is 105 Å². The maximum atomic E-state index is 12.3. The van der Waals surface area contributed by atoms with E-state index in [1.807, 2.05) is 48.5 Å². The molecular weight excluding hydrogens is 604 g/mol. The zero-order valence-electron chi connectivity index (χ0n) is 26.9. The number of benzene rings is 3. The minimum absolute atomic E-state index is 0.0307. The molecule has 12 nitrogen and oxygen atoms in total. The summed E-state index contributed by atoms with van der Waals surface area (Å²) < 4.78 is 18.2. The van der Waals surface area contributed by atoms with Gasteiger partial charge in [0.05, 0.1) is 23.7 Å². The second-order valence-corrected chi connectivity index (χ2v) is 12.1. The molecule has 12 heteroatoms. The number of nitro benzene ring substituents is 1. The Morgan fingerprint density at radius 1 is 0.957 bits per heavy atom. The standard InChI is InChI=1S/C35H42N4O8/c1-23-32(21-37-16-18-38(19-17-37)30-12-14-31(15-13-30)39(43)44)46-35(47-33(23)28-8-6-27(22-40)7-9-28)29-10-4-26(5-11-29)20-36-34(42)24(2)45-25(3)41/h4-15,23-24,32-33,35,40H,16-22H2,1-3H3,(H,36,42)/t23-,24+,32+,33+,35+/m1/s1. The van der Waals surface area contributed by atoms with E-state index in [0.29, 0.717) is 6.54 Å². The molecule has 2 saturated heterocycles. The van der Waals surface area contributed by atoms with Gasteiger partial charge < -0.3 is 29.5 Å². The highest BCUT2D eigenvalue weighted by Gasteiger charge is 2.39. The summed E-state index contributed by atoms with van der Waals surface area (Å²) in [5, 5.41) is 23.4. The Kier molecular flexibility index (Phi) is 11.2. The van der Waals surface area contributed by atoms with Crippen LogP contribution in [-0.2, 0) is 37.0 Å². The zero-order valence-corrected chi connectivity index (χ0v) is 26.9. The van der Waals surface area contributed by atoms with Crippen molar-refractivity contribution in [3.8, 4) is 0 Å². The van der Waals surface area contributed by atoms with Gasteiger partial charge in [-0.3, -0.25) is 24.6 Å². The van der Waals surface area contributed by atoms with Crippen LogP contribution < -0.4 is 10.2 Å². The van der Waals surface area contributed by atoms with Gasteiger partial charge in [-0.2, -0.15) is 0 Å². The second kappa shape index (κ2) is 15.5. The molecule has 250 valence electrons. The summed E-state index contributed by atoms with van der Waals surface area (Å²) in [5.74, 6) is -0.847. The van der Waals surface area contributed by atoms with Gasteiger partial charge in [0.1, 0.15) is 0 Å². The van der Waals surface area contributed by atoms with E-state index in [0.717, 1.165) is 54.1 Å². The summed E-state index contributed by atoms with van der Waals surface area (Å²) in [6.07, 6.45) is -1.87. The quantitative estimate of drug-likeness (QED) is 0.176. The molecule has 2 heterocycles. The lowest BCUT2D eigenvalue weighted by Crippen LogP contribution is -2.51. The molecule has 0 aromatic heterocycles. The fourth-order valence-corrected chi connectivity index (χ4v) is 5.98. The number of piperazine rings is 1. The monoisotopic (exact) mass is 646 g/mol. The van der Waals surface area contributed by atoms with Crippen LogP contribution in [0.3, 0.4) is 0 Å². The van der Waals surface area contributed by atoms with E-state index < -0.39 is 18.4 Å². The molecule has 5 rings (SSSR count). The molecule has 47 heavy (non-hydrogen) atoms. The van der Waals surface area contributed by atoms with E-state index in [-0.39, 0.29) is 47.8 Å². The van der Waals surface area contributed by atoms with Gasteiger partial charge in [0.15, 0.2) is 12.4 Å². The summed E-state index contributed by atoms with van der Waals surface area (Å²) >= 11 is 0. The van der Waals surface area contributed by atoms with Crippen LogP contribution in [0.4, 0.5) is 11.4 Å². The second-order valence-electron chi connectivity index (χ2n) is 12.1. The molecule has 2 fully saturated rings. The molecule has 0 saturated carbocycles. The molecule has 5 atom stereocenters. The lowest BCUT2D eigenvalue weighted by molar-refractivity contribution is -0.384. The van der Waals surface area contributed by atoms with Crippen LogP contribution in [0.15, 0.2) is 72.8 Å². The average molecular weight is 647 g/mol. The Balaban J connectivity index is 1.25. The number of hydrogen-bond acceptors (Lipinski definition) is 10. The Hall–Kier alpha value is -4.36. The number of nitrogens with one attached hydrogen (secondary N) is 1. The first-order valence-corrected chi connectivity index (χ1v) is 15.9. The molecule has 0 spiro atoms. The summed E-state index contributed by atoms with van der Waals surface area (Å²) in [4.78, 5) is 38.7. The topological polar surface area (TPSA) is 144 Å². The van der Waals surface area contributed by atoms with Crippen LogP contribution in [0.2, 0.25) is 0 Å². The van der Waals surface area contributed by atoms with Gasteiger partial charge in [0.2, 0.25) is 0 Å². The maximum absolute atomic E-state index is 12.3. The number of esters is 1. The molecule has 0 bridgehead atoms. The van der Waals surface area contributed by atoms with E-state index in [9.17, 15) is 24.8 Å². The van der Waals surface area contributed by atoms with E-state index in [1.54, 1.807) is 24.3 Å². The highest BCUT2D eigenvalue weighted by molar-refractivity contribution is 5.82. The van der Waals surface area contributed by atoms with Crippen LogP contribution in [0, 0.1) is 16.0 Å². The number of nitrogens with zero attached hydrogens (tertiary/aromatic N) is 3. The predicted octanol–water partition coefficient (Wildman–Crippen LogP) is 4.27. The number of ether oxygens (including phenoxy) is 3. The molecule has 0 unspecified atom stereocenters. The van der Waals surface area contributed by atoms with Gasteiger partial charge in [0.25, 0.3) is 11.6 Å². The van der Waals surface area contributed by atoms with Crippen LogP contribution in [-0.4, -0.2) is 71.7 Å². The molecule has 3 aromatic carbocycles. The third-order valence-corrected chi connectivity index (χ3v) is 8.79. The Labute approximate surface area is 274 Å². The Morgan fingerprint density at radius 3 is 2.17 bits per heavy atom. The summed E-state index contributed by atoms with van der Waals surface area (Å²) in [6, 6.07) is 22.2. The summed E-state index contributed by atoms with van der Waals surface area (Å²) in [6.45, 7) is 9.13. The summed E-state index contributed by atoms with van der Waals surface area (Å²) in [7, 11) is 0. The van der Waals surface area contributed by atoms with Crippen LogP contribution in [0.25, 0.3) is 0 Å². The van der Waals surface area contributed by atoms with Crippen molar-refractivity contribution in [1.29, 1.82) is 0 Å². The molecule has 2 aliphatic heterocycles. The summed E-state index contributed by atoms with van der Waals surface area (Å²) in [5.41, 5.74) is 4.62. The average Bonchev–Trinajstić information content (AvgIpc) is 3.08. The van der Waals surface area contributed by atoms with Crippen molar-refractivity contribution < 1.29 is 33.8 Å². The lowest BCUT2D eigenvalue weighted by Gasteiger charge is -2.44. The first-order valence-electron chi connectivity index (χ1n) is 15.9. The fraction of sp³-hybridized carbons (Fsp3) is 0.429. The van der Waals surface area contributed by atoms with Gasteiger partial charge in [-0.25, -0.2) is 0 Å². The highest BCUT2D eigenvalue weighted by Crippen LogP contribution is 2.42. The zero-order chi connectivity index (χ0) is 33.5. The first kappa shape index (κ1) is 34.0. The lowest BCUT2D eigenvalue weighted by atomic mass is 9.90. The van der Waals surface area contributed by atoms with Gasteiger partial charge in [0, 0.05) is 75.5 Å². The van der Waals surface area contributed by atoms with Gasteiger partial charge in [-0.15, -0.1) is 0 Å². The molecular formula is C35H42N4O8. The Bertz CT molecular complexity index is 1510. The van der Waals surface area contributed by atoms with Crippen molar-refractivity contribution in [2.45, 2.75) is 58.5 Å². The smallest absolute Gasteiger partial charge is 0.303 e. The van der Waals surface area contributed by atoms with Crippen LogP contribution in [0.5, 0.6) is 0 Å². The van der Waals surface area contributed by atoms with E-state index in [2.05, 4.69) is 22.0 Å². The molecule has 0 radical (unpaired) electrons. The third-order valence-electron chi connectivity index (χ3n) is 8.79. The number of hydrogen-bond donors (Lipinski definition) is 2. The van der Waals surface area contributed by atoms with Gasteiger partial charge >= 0.3 is 5.97 Å².